The quantitative estimate of drug-likeness (QED) is 0.421. The molecule has 1 heterocycles. The number of hydrazone groups is 1. The van der Waals surface area contributed by atoms with Crippen molar-refractivity contribution < 1.29 is 9.90 Å². The lowest BCUT2D eigenvalue weighted by atomic mass is 9.80. The number of hydrogen-bond donors (Lipinski definition) is 3. The van der Waals surface area contributed by atoms with Gasteiger partial charge in [-0.15, -0.1) is 0 Å². The molecule has 1 aromatic rings. The largest absolute Gasteiger partial charge is 0.480 e. The summed E-state index contributed by atoms with van der Waals surface area (Å²) in [5, 5.41) is 12.8. The fraction of sp³-hybridized carbons (Fsp3) is 0.556. The highest BCUT2D eigenvalue weighted by atomic mass is 16.4. The SMILES string of the molecule is CCC1(C(N)=NNCC(=O)O)CC2CN(c3ccccc3)CC2C1. The minimum atomic E-state index is -0.932. The maximum Gasteiger partial charge on any atom is 0.324 e. The number of nitrogens with two attached hydrogens (primary N) is 1. The van der Waals surface area contributed by atoms with Crippen LogP contribution in [0, 0.1) is 17.3 Å². The highest BCUT2D eigenvalue weighted by Gasteiger charge is 2.50. The number of anilines is 1. The van der Waals surface area contributed by atoms with Gasteiger partial charge in [-0.1, -0.05) is 25.1 Å². The number of nitrogens with zero attached hydrogens (tertiary/aromatic N) is 2. The fourth-order valence-electron chi connectivity index (χ4n) is 4.33. The number of benzene rings is 1. The Bertz CT molecular complexity index is 603. The minimum absolute atomic E-state index is 0.0936. The number of aliphatic carboxylic acids is 1. The van der Waals surface area contributed by atoms with Gasteiger partial charge in [0.2, 0.25) is 0 Å². The lowest BCUT2D eigenvalue weighted by Gasteiger charge is -2.30. The van der Waals surface area contributed by atoms with E-state index < -0.39 is 5.97 Å². The molecule has 2 atom stereocenters. The Kier molecular flexibility index (Phi) is 4.64. The highest BCUT2D eigenvalue weighted by molar-refractivity contribution is 5.87. The zero-order valence-corrected chi connectivity index (χ0v) is 14.1. The van der Waals surface area contributed by atoms with E-state index in [9.17, 15) is 4.79 Å². The molecule has 2 unspecified atom stereocenters. The number of hydrogen-bond acceptors (Lipinski definition) is 4. The number of nitrogens with one attached hydrogen (secondary N) is 1. The van der Waals surface area contributed by atoms with Gasteiger partial charge in [0.1, 0.15) is 12.4 Å². The number of carboxylic acid groups (broad SMARTS) is 1. The van der Waals surface area contributed by atoms with Crippen LogP contribution < -0.4 is 16.1 Å². The third-order valence-electron chi connectivity index (χ3n) is 5.65. The molecule has 1 aliphatic carbocycles. The van der Waals surface area contributed by atoms with Crippen molar-refractivity contribution in [3.63, 3.8) is 0 Å². The van der Waals surface area contributed by atoms with Crippen LogP contribution in [0.25, 0.3) is 0 Å². The summed E-state index contributed by atoms with van der Waals surface area (Å²) in [7, 11) is 0. The van der Waals surface area contributed by atoms with Crippen molar-refractivity contribution in [2.75, 3.05) is 24.5 Å². The van der Waals surface area contributed by atoms with Gasteiger partial charge >= 0.3 is 5.97 Å². The number of fused-ring (bicyclic) bond motifs is 1. The average molecular weight is 330 g/mol. The summed E-state index contributed by atoms with van der Waals surface area (Å²) in [6.07, 6.45) is 3.00. The number of rotatable bonds is 6. The first-order chi connectivity index (χ1) is 11.5. The van der Waals surface area contributed by atoms with Gasteiger partial charge in [-0.05, 0) is 43.2 Å². The van der Waals surface area contributed by atoms with Gasteiger partial charge in [0.15, 0.2) is 0 Å². The number of carboxylic acids is 1. The molecule has 2 fully saturated rings. The van der Waals surface area contributed by atoms with E-state index in [0.29, 0.717) is 17.7 Å². The molecule has 1 saturated heterocycles. The first-order valence-corrected chi connectivity index (χ1v) is 8.62. The summed E-state index contributed by atoms with van der Waals surface area (Å²) < 4.78 is 0. The Morgan fingerprint density at radius 3 is 2.50 bits per heavy atom. The van der Waals surface area contributed by atoms with Crippen LogP contribution in [-0.2, 0) is 4.79 Å². The van der Waals surface area contributed by atoms with E-state index in [-0.39, 0.29) is 12.0 Å². The molecule has 0 aromatic heterocycles. The summed E-state index contributed by atoms with van der Waals surface area (Å²) >= 11 is 0. The van der Waals surface area contributed by atoms with Crippen LogP contribution in [0.4, 0.5) is 5.69 Å². The molecule has 24 heavy (non-hydrogen) atoms. The Morgan fingerprint density at radius 2 is 1.96 bits per heavy atom. The molecule has 6 heteroatoms. The Balaban J connectivity index is 1.66. The molecular weight excluding hydrogens is 304 g/mol. The summed E-state index contributed by atoms with van der Waals surface area (Å²) in [6.45, 7) is 4.07. The second kappa shape index (κ2) is 6.71. The van der Waals surface area contributed by atoms with Gasteiger partial charge in [-0.2, -0.15) is 5.10 Å². The van der Waals surface area contributed by atoms with Gasteiger partial charge in [0.05, 0.1) is 0 Å². The Labute approximate surface area is 142 Å². The topological polar surface area (TPSA) is 90.9 Å². The molecule has 3 rings (SSSR count). The Morgan fingerprint density at radius 1 is 1.33 bits per heavy atom. The third-order valence-corrected chi connectivity index (χ3v) is 5.65. The van der Waals surface area contributed by atoms with E-state index in [2.05, 4.69) is 46.6 Å². The number of para-hydroxylation sites is 1. The fourth-order valence-corrected chi connectivity index (χ4v) is 4.33. The van der Waals surface area contributed by atoms with Crippen LogP contribution in [0.2, 0.25) is 0 Å². The van der Waals surface area contributed by atoms with Crippen molar-refractivity contribution in [3.8, 4) is 0 Å². The van der Waals surface area contributed by atoms with E-state index in [1.807, 2.05) is 6.07 Å². The smallest absolute Gasteiger partial charge is 0.324 e. The molecule has 1 saturated carbocycles. The molecule has 1 aromatic carbocycles. The van der Waals surface area contributed by atoms with E-state index in [0.717, 1.165) is 32.4 Å². The minimum Gasteiger partial charge on any atom is -0.480 e. The van der Waals surface area contributed by atoms with E-state index in [4.69, 9.17) is 10.8 Å². The second-order valence-electron chi connectivity index (χ2n) is 7.03. The average Bonchev–Trinajstić information content (AvgIpc) is 3.11. The van der Waals surface area contributed by atoms with Crippen LogP contribution in [0.3, 0.4) is 0 Å². The Hall–Kier alpha value is -2.24. The van der Waals surface area contributed by atoms with Gasteiger partial charge in [0, 0.05) is 24.2 Å². The third kappa shape index (κ3) is 3.18. The number of carbonyl (C=O) groups is 1. The molecule has 1 aliphatic heterocycles. The molecule has 4 N–H and O–H groups in total. The summed E-state index contributed by atoms with van der Waals surface area (Å²) in [5.74, 6) is 0.877. The lowest BCUT2D eigenvalue weighted by Crippen LogP contribution is -2.38. The van der Waals surface area contributed by atoms with Crippen molar-refractivity contribution in [1.82, 2.24) is 5.43 Å². The summed E-state index contributed by atoms with van der Waals surface area (Å²) in [6, 6.07) is 10.5. The summed E-state index contributed by atoms with van der Waals surface area (Å²) in [4.78, 5) is 13.1. The summed E-state index contributed by atoms with van der Waals surface area (Å²) in [5.41, 5.74) is 10.0. The van der Waals surface area contributed by atoms with Gasteiger partial charge < -0.3 is 15.7 Å². The highest BCUT2D eigenvalue weighted by Crippen LogP contribution is 2.51. The van der Waals surface area contributed by atoms with Crippen molar-refractivity contribution in [3.05, 3.63) is 30.3 Å². The first-order valence-electron chi connectivity index (χ1n) is 8.62. The van der Waals surface area contributed by atoms with Crippen LogP contribution in [0.15, 0.2) is 35.4 Å². The molecule has 6 nitrogen and oxygen atoms in total. The van der Waals surface area contributed by atoms with Crippen LogP contribution in [-0.4, -0.2) is 36.5 Å². The maximum atomic E-state index is 10.6. The first kappa shape index (κ1) is 16.6. The van der Waals surface area contributed by atoms with Gasteiger partial charge in [-0.3, -0.25) is 10.2 Å². The lowest BCUT2D eigenvalue weighted by molar-refractivity contribution is -0.135. The predicted octanol–water partition coefficient (Wildman–Crippen LogP) is 1.88. The monoisotopic (exact) mass is 330 g/mol. The van der Waals surface area contributed by atoms with Crippen molar-refractivity contribution in [1.29, 1.82) is 0 Å². The normalized spacial score (nSPS) is 29.5. The molecule has 130 valence electrons. The van der Waals surface area contributed by atoms with Gasteiger partial charge in [0.25, 0.3) is 0 Å². The molecule has 0 amide bonds. The van der Waals surface area contributed by atoms with Gasteiger partial charge in [-0.25, -0.2) is 0 Å². The number of amidine groups is 1. The van der Waals surface area contributed by atoms with Crippen molar-refractivity contribution in [2.24, 2.45) is 28.1 Å². The van der Waals surface area contributed by atoms with Crippen molar-refractivity contribution in [2.45, 2.75) is 26.2 Å². The van der Waals surface area contributed by atoms with E-state index >= 15 is 0 Å². The molecule has 0 spiro atoms. The standard InChI is InChI=1S/C18H26N4O2/c1-2-18(17(19)21-20-10-16(23)24)8-13-11-22(12-14(13)9-18)15-6-4-3-5-7-15/h3-7,13-14,20H,2,8-12H2,1H3,(H2,19,21)(H,23,24). The van der Waals surface area contributed by atoms with Crippen LogP contribution >= 0.6 is 0 Å². The molecule has 0 radical (unpaired) electrons. The second-order valence-corrected chi connectivity index (χ2v) is 7.03. The molecular formula is C18H26N4O2. The zero-order valence-electron chi connectivity index (χ0n) is 14.1. The predicted molar refractivity (Wildman–Crippen MR) is 94.9 cm³/mol. The molecule has 2 aliphatic rings. The van der Waals surface area contributed by atoms with E-state index in [1.54, 1.807) is 0 Å². The van der Waals surface area contributed by atoms with Crippen LogP contribution in [0.1, 0.15) is 26.2 Å². The van der Waals surface area contributed by atoms with Crippen molar-refractivity contribution >= 4 is 17.5 Å². The van der Waals surface area contributed by atoms with Crippen LogP contribution in [0.5, 0.6) is 0 Å². The molecule has 0 bridgehead atoms. The van der Waals surface area contributed by atoms with E-state index in [1.165, 1.54) is 5.69 Å². The zero-order chi connectivity index (χ0) is 17.2. The maximum absolute atomic E-state index is 10.6.